The number of nitrogens with zero attached hydrogens (tertiary/aromatic N) is 2. The number of para-hydroxylation sites is 1. The van der Waals surface area contributed by atoms with Gasteiger partial charge >= 0.3 is 5.97 Å². The minimum Gasteiger partial charge on any atom is -0.478 e. The first-order valence-electron chi connectivity index (χ1n) is 8.54. The minimum atomic E-state index is -1.07. The molecule has 1 fully saturated rings. The van der Waals surface area contributed by atoms with Crippen molar-refractivity contribution in [2.24, 2.45) is 4.99 Å². The second kappa shape index (κ2) is 8.91. The van der Waals surface area contributed by atoms with Crippen LogP contribution in [0.15, 0.2) is 75.6 Å². The lowest BCUT2D eigenvalue weighted by atomic mass is 10.2. The van der Waals surface area contributed by atoms with E-state index in [0.717, 1.165) is 5.56 Å². The lowest BCUT2D eigenvalue weighted by molar-refractivity contribution is -0.122. The predicted octanol–water partition coefficient (Wildman–Crippen LogP) is 5.13. The van der Waals surface area contributed by atoms with Crippen LogP contribution in [-0.4, -0.2) is 33.6 Å². The van der Waals surface area contributed by atoms with Crippen molar-refractivity contribution in [1.29, 1.82) is 0 Å². The van der Waals surface area contributed by atoms with E-state index in [-0.39, 0.29) is 11.5 Å². The van der Waals surface area contributed by atoms with E-state index in [0.29, 0.717) is 27.3 Å². The van der Waals surface area contributed by atoms with E-state index in [1.54, 1.807) is 30.4 Å². The zero-order valence-electron chi connectivity index (χ0n) is 15.0. The van der Waals surface area contributed by atoms with E-state index in [4.69, 9.17) is 11.6 Å². The van der Waals surface area contributed by atoms with Crippen molar-refractivity contribution in [2.45, 2.75) is 6.92 Å². The number of carbonyl (C=O) groups is 2. The molecule has 0 aliphatic carbocycles. The number of carbonyl (C=O) groups excluding carboxylic acids is 1. The molecule has 2 aromatic rings. The van der Waals surface area contributed by atoms with E-state index in [2.05, 4.69) is 4.99 Å². The number of amides is 1. The fraction of sp³-hybridized carbons (Fsp3) is 0.0952. The summed E-state index contributed by atoms with van der Waals surface area (Å²) in [6.45, 7) is 2.25. The van der Waals surface area contributed by atoms with Crippen LogP contribution in [0, 0.1) is 0 Å². The Morgan fingerprint density at radius 3 is 2.54 bits per heavy atom. The number of carboxylic acid groups (broad SMARTS) is 1. The van der Waals surface area contributed by atoms with Gasteiger partial charge in [-0.3, -0.25) is 9.69 Å². The van der Waals surface area contributed by atoms with Crippen molar-refractivity contribution in [3.63, 3.8) is 0 Å². The smallest absolute Gasteiger partial charge is 0.337 e. The third kappa shape index (κ3) is 4.52. The number of carboxylic acids is 1. The fourth-order valence-electron chi connectivity index (χ4n) is 2.60. The summed E-state index contributed by atoms with van der Waals surface area (Å²) in [6.07, 6.45) is 3.38. The SMILES string of the molecule is CCN1C(=O)/C(=C/C(Cl)=C/c2ccccc2)SC1=Nc1ccccc1C(=O)O. The van der Waals surface area contributed by atoms with Gasteiger partial charge in [-0.25, -0.2) is 9.79 Å². The number of thioether (sulfide) groups is 1. The lowest BCUT2D eigenvalue weighted by Gasteiger charge is -2.12. The van der Waals surface area contributed by atoms with Crippen molar-refractivity contribution in [2.75, 3.05) is 6.54 Å². The second-order valence-corrected chi connectivity index (χ2v) is 7.26. The Balaban J connectivity index is 1.93. The maximum Gasteiger partial charge on any atom is 0.337 e. The molecule has 3 rings (SSSR count). The van der Waals surface area contributed by atoms with Crippen molar-refractivity contribution >= 4 is 52.2 Å². The quantitative estimate of drug-likeness (QED) is 0.691. The number of amidine groups is 1. The van der Waals surface area contributed by atoms with Crippen LogP contribution in [0.2, 0.25) is 0 Å². The van der Waals surface area contributed by atoms with Crippen LogP contribution < -0.4 is 0 Å². The van der Waals surface area contributed by atoms with Crippen LogP contribution in [0.5, 0.6) is 0 Å². The van der Waals surface area contributed by atoms with Crippen molar-refractivity contribution in [3.05, 3.63) is 81.7 Å². The highest BCUT2D eigenvalue weighted by Crippen LogP contribution is 2.34. The molecule has 0 bridgehead atoms. The Morgan fingerprint density at radius 1 is 1.18 bits per heavy atom. The molecule has 1 amide bonds. The average Bonchev–Trinajstić information content (AvgIpc) is 2.97. The molecule has 0 saturated carbocycles. The van der Waals surface area contributed by atoms with E-state index in [9.17, 15) is 14.7 Å². The van der Waals surface area contributed by atoms with Gasteiger partial charge in [-0.05, 0) is 48.5 Å². The summed E-state index contributed by atoms with van der Waals surface area (Å²) in [7, 11) is 0. The van der Waals surface area contributed by atoms with Crippen molar-refractivity contribution < 1.29 is 14.7 Å². The molecule has 2 aromatic carbocycles. The summed E-state index contributed by atoms with van der Waals surface area (Å²) in [5, 5.41) is 10.2. The topological polar surface area (TPSA) is 70.0 Å². The predicted molar refractivity (Wildman–Crippen MR) is 114 cm³/mol. The van der Waals surface area contributed by atoms with Gasteiger partial charge in [-0.2, -0.15) is 0 Å². The number of benzene rings is 2. The van der Waals surface area contributed by atoms with Gasteiger partial charge in [0.25, 0.3) is 5.91 Å². The number of allylic oxidation sites excluding steroid dienone is 2. The van der Waals surface area contributed by atoms with Gasteiger partial charge < -0.3 is 5.11 Å². The van der Waals surface area contributed by atoms with Gasteiger partial charge in [0.05, 0.1) is 16.2 Å². The number of likely N-dealkylation sites (N-methyl/N-ethyl adjacent to an activating group) is 1. The van der Waals surface area contributed by atoms with E-state index >= 15 is 0 Å². The molecular weight excluding hydrogens is 396 g/mol. The molecule has 0 unspecified atom stereocenters. The first kappa shape index (κ1) is 19.9. The largest absolute Gasteiger partial charge is 0.478 e. The van der Waals surface area contributed by atoms with Crippen molar-refractivity contribution in [1.82, 2.24) is 4.90 Å². The van der Waals surface area contributed by atoms with Crippen LogP contribution in [0.25, 0.3) is 6.08 Å². The Morgan fingerprint density at radius 2 is 1.86 bits per heavy atom. The third-order valence-corrected chi connectivity index (χ3v) is 5.15. The molecule has 142 valence electrons. The molecule has 0 aromatic heterocycles. The van der Waals surface area contributed by atoms with E-state index < -0.39 is 5.97 Å². The highest BCUT2D eigenvalue weighted by Gasteiger charge is 2.32. The van der Waals surface area contributed by atoms with Crippen LogP contribution in [0.4, 0.5) is 5.69 Å². The lowest BCUT2D eigenvalue weighted by Crippen LogP contribution is -2.28. The standard InChI is InChI=1S/C21H17ClN2O3S/c1-2-24-19(25)18(13-15(22)12-14-8-4-3-5-9-14)28-21(24)23-17-11-7-6-10-16(17)20(26)27/h3-13H,2H2,1H3,(H,26,27)/b15-12-,18-13-,23-21?. The number of aromatic carboxylic acids is 1. The second-order valence-electron chi connectivity index (χ2n) is 5.82. The molecule has 5 nitrogen and oxygen atoms in total. The fourth-order valence-corrected chi connectivity index (χ4v) is 3.95. The molecule has 0 spiro atoms. The van der Waals surface area contributed by atoms with Gasteiger partial charge in [-0.1, -0.05) is 54.1 Å². The third-order valence-electron chi connectivity index (χ3n) is 3.93. The molecule has 28 heavy (non-hydrogen) atoms. The van der Waals surface area contributed by atoms with Crippen LogP contribution in [0.1, 0.15) is 22.8 Å². The molecule has 7 heteroatoms. The minimum absolute atomic E-state index is 0.0820. The summed E-state index contributed by atoms with van der Waals surface area (Å²) in [5.74, 6) is -1.28. The molecule has 1 aliphatic heterocycles. The Bertz CT molecular complexity index is 1000. The summed E-state index contributed by atoms with van der Waals surface area (Å²) in [5.41, 5.74) is 1.31. The molecule has 0 radical (unpaired) electrons. The van der Waals surface area contributed by atoms with Crippen LogP contribution in [-0.2, 0) is 4.79 Å². The first-order chi connectivity index (χ1) is 13.5. The summed E-state index contributed by atoms with van der Waals surface area (Å²) < 4.78 is 0. The first-order valence-corrected chi connectivity index (χ1v) is 9.73. The number of hydrogen-bond acceptors (Lipinski definition) is 4. The monoisotopic (exact) mass is 412 g/mol. The summed E-state index contributed by atoms with van der Waals surface area (Å²) in [4.78, 5) is 30.5. The zero-order chi connectivity index (χ0) is 20.1. The average molecular weight is 413 g/mol. The highest BCUT2D eigenvalue weighted by atomic mass is 35.5. The van der Waals surface area contributed by atoms with Crippen molar-refractivity contribution in [3.8, 4) is 0 Å². The highest BCUT2D eigenvalue weighted by molar-refractivity contribution is 8.18. The molecular formula is C21H17ClN2O3S. The van der Waals surface area contributed by atoms with Crippen LogP contribution in [0.3, 0.4) is 0 Å². The van der Waals surface area contributed by atoms with Gasteiger partial charge in [0, 0.05) is 11.6 Å². The maximum absolute atomic E-state index is 12.7. The van der Waals surface area contributed by atoms with Gasteiger partial charge in [0.15, 0.2) is 5.17 Å². The van der Waals surface area contributed by atoms with Crippen LogP contribution >= 0.6 is 23.4 Å². The van der Waals surface area contributed by atoms with E-state index in [1.807, 2.05) is 37.3 Å². The maximum atomic E-state index is 12.7. The molecule has 1 heterocycles. The molecule has 1 N–H and O–H groups in total. The molecule has 0 atom stereocenters. The number of rotatable bonds is 5. The normalized spacial score (nSPS) is 17.6. The Kier molecular flexibility index (Phi) is 6.34. The van der Waals surface area contributed by atoms with Gasteiger partial charge in [-0.15, -0.1) is 0 Å². The van der Waals surface area contributed by atoms with Gasteiger partial charge in [0.2, 0.25) is 0 Å². The van der Waals surface area contributed by atoms with E-state index in [1.165, 1.54) is 22.7 Å². The van der Waals surface area contributed by atoms with Gasteiger partial charge in [0.1, 0.15) is 0 Å². The Labute approximate surface area is 172 Å². The number of aliphatic imine (C=N–C) groups is 1. The number of hydrogen-bond donors (Lipinski definition) is 1. The zero-order valence-corrected chi connectivity index (χ0v) is 16.6. The summed E-state index contributed by atoms with van der Waals surface area (Å²) in [6, 6.07) is 16.0. The number of halogens is 1. The summed E-state index contributed by atoms with van der Waals surface area (Å²) >= 11 is 7.48. The molecule has 1 aliphatic rings. The Hall–Kier alpha value is -2.83. The molecule has 1 saturated heterocycles.